The van der Waals surface area contributed by atoms with Gasteiger partial charge in [-0.25, -0.2) is 4.98 Å². The van der Waals surface area contributed by atoms with Gasteiger partial charge in [0.2, 0.25) is 5.95 Å². The molecule has 6 rings (SSSR count). The summed E-state index contributed by atoms with van der Waals surface area (Å²) in [5.74, 6) is 2.64. The van der Waals surface area contributed by atoms with Gasteiger partial charge in [-0.2, -0.15) is 4.98 Å². The first-order valence-corrected chi connectivity index (χ1v) is 12.9. The second kappa shape index (κ2) is 7.56. The molecule has 1 saturated heterocycles. The second-order valence-electron chi connectivity index (χ2n) is 9.42. The van der Waals surface area contributed by atoms with E-state index in [1.54, 1.807) is 0 Å². The van der Waals surface area contributed by atoms with Crippen LogP contribution in [0.2, 0.25) is 0 Å². The van der Waals surface area contributed by atoms with Gasteiger partial charge in [-0.15, -0.1) is 0 Å². The Morgan fingerprint density at radius 3 is 2.78 bits per heavy atom. The number of hydrogen-bond donors (Lipinski definition) is 2. The highest BCUT2D eigenvalue weighted by Crippen LogP contribution is 2.45. The van der Waals surface area contributed by atoms with E-state index < -0.39 is 10.8 Å². The zero-order chi connectivity index (χ0) is 21.9. The SMILES string of the molecule is CN(c1nc(N2CCC(c3c[nH]c4ccccc34)CC2)nc2c1S(=O)CC2)C1(CO)CC1. The summed E-state index contributed by atoms with van der Waals surface area (Å²) >= 11 is 0. The van der Waals surface area contributed by atoms with Gasteiger partial charge in [0.25, 0.3) is 0 Å². The van der Waals surface area contributed by atoms with Crippen molar-refractivity contribution in [3.63, 3.8) is 0 Å². The van der Waals surface area contributed by atoms with E-state index in [2.05, 4.69) is 45.2 Å². The van der Waals surface area contributed by atoms with Crippen LogP contribution in [-0.4, -0.2) is 62.3 Å². The highest BCUT2D eigenvalue weighted by Gasteiger charge is 2.48. The van der Waals surface area contributed by atoms with Crippen molar-refractivity contribution in [3.8, 4) is 0 Å². The second-order valence-corrected chi connectivity index (χ2v) is 10.9. The number of rotatable bonds is 5. The van der Waals surface area contributed by atoms with Crippen molar-refractivity contribution in [2.75, 3.05) is 42.3 Å². The van der Waals surface area contributed by atoms with Gasteiger partial charge in [-0.3, -0.25) is 4.21 Å². The number of nitrogens with zero attached hydrogens (tertiary/aromatic N) is 4. The lowest BCUT2D eigenvalue weighted by atomic mass is 9.89. The van der Waals surface area contributed by atoms with Crippen molar-refractivity contribution >= 4 is 33.5 Å². The van der Waals surface area contributed by atoms with Crippen LogP contribution in [-0.2, 0) is 17.2 Å². The zero-order valence-electron chi connectivity index (χ0n) is 18.4. The number of likely N-dealkylation sites (N-methyl/N-ethyl adjacent to an activating group) is 1. The van der Waals surface area contributed by atoms with Crippen LogP contribution in [0.25, 0.3) is 10.9 Å². The molecule has 3 aliphatic rings. The molecule has 1 aromatic carbocycles. The molecular formula is C24H29N5O2S. The molecule has 2 aromatic heterocycles. The number of aliphatic hydroxyl groups is 1. The van der Waals surface area contributed by atoms with Gasteiger partial charge in [0, 0.05) is 49.4 Å². The number of aromatic nitrogens is 3. The quantitative estimate of drug-likeness (QED) is 0.620. The Morgan fingerprint density at radius 2 is 2.03 bits per heavy atom. The molecule has 1 aliphatic carbocycles. The van der Waals surface area contributed by atoms with E-state index >= 15 is 0 Å². The summed E-state index contributed by atoms with van der Waals surface area (Å²) in [6.07, 6.45) is 6.90. The molecule has 2 aliphatic heterocycles. The van der Waals surface area contributed by atoms with Gasteiger partial charge < -0.3 is 19.9 Å². The smallest absolute Gasteiger partial charge is 0.227 e. The van der Waals surface area contributed by atoms with Crippen LogP contribution in [0.4, 0.5) is 11.8 Å². The molecule has 0 bridgehead atoms. The average molecular weight is 452 g/mol. The van der Waals surface area contributed by atoms with E-state index in [9.17, 15) is 9.32 Å². The third-order valence-electron chi connectivity index (χ3n) is 7.65. The highest BCUT2D eigenvalue weighted by atomic mass is 32.2. The monoisotopic (exact) mass is 451 g/mol. The van der Waals surface area contributed by atoms with Crippen LogP contribution in [0.5, 0.6) is 0 Å². The topological polar surface area (TPSA) is 85.4 Å². The van der Waals surface area contributed by atoms with Crippen LogP contribution in [0.15, 0.2) is 35.4 Å². The third-order valence-corrected chi connectivity index (χ3v) is 9.10. The number of aliphatic hydroxyl groups excluding tert-OH is 1. The number of piperidine rings is 1. The summed E-state index contributed by atoms with van der Waals surface area (Å²) in [6.45, 7) is 1.90. The number of para-hydroxylation sites is 1. The van der Waals surface area contributed by atoms with Crippen molar-refractivity contribution in [1.82, 2.24) is 15.0 Å². The van der Waals surface area contributed by atoms with E-state index in [0.717, 1.165) is 67.5 Å². The standard InChI is InChI=1S/C24H29N5O2S/c1-28(24(15-30)9-10-24)22-21-20(8-13-32(21)31)26-23(27-22)29-11-6-16(7-12-29)18-14-25-19-5-3-2-4-17(18)19/h2-5,14,16,25,30H,6-13,15H2,1H3. The molecule has 3 aromatic rings. The Kier molecular flexibility index (Phi) is 4.76. The number of aromatic amines is 1. The number of fused-ring (bicyclic) bond motifs is 2. The van der Waals surface area contributed by atoms with Crippen molar-refractivity contribution in [2.45, 2.75) is 48.5 Å². The van der Waals surface area contributed by atoms with E-state index in [0.29, 0.717) is 11.7 Å². The first-order valence-electron chi connectivity index (χ1n) is 11.5. The molecule has 0 spiro atoms. The lowest BCUT2D eigenvalue weighted by molar-refractivity contribution is 0.251. The maximum Gasteiger partial charge on any atom is 0.227 e. The Labute approximate surface area is 190 Å². The highest BCUT2D eigenvalue weighted by molar-refractivity contribution is 7.85. The molecule has 1 atom stereocenters. The first-order chi connectivity index (χ1) is 15.6. The molecule has 2 N–H and O–H groups in total. The fraction of sp³-hybridized carbons (Fsp3) is 0.500. The Morgan fingerprint density at radius 1 is 1.25 bits per heavy atom. The molecule has 0 amide bonds. The van der Waals surface area contributed by atoms with Crippen LogP contribution >= 0.6 is 0 Å². The summed E-state index contributed by atoms with van der Waals surface area (Å²) in [6, 6.07) is 8.51. The number of anilines is 2. The molecule has 32 heavy (non-hydrogen) atoms. The van der Waals surface area contributed by atoms with E-state index in [-0.39, 0.29) is 12.1 Å². The number of aryl methyl sites for hydroxylation is 1. The Bertz CT molecular complexity index is 1200. The molecule has 7 nitrogen and oxygen atoms in total. The Balaban J connectivity index is 1.27. The van der Waals surface area contributed by atoms with Crippen LogP contribution in [0, 0.1) is 0 Å². The summed E-state index contributed by atoms with van der Waals surface area (Å²) in [5.41, 5.74) is 3.27. The van der Waals surface area contributed by atoms with E-state index in [4.69, 9.17) is 9.97 Å². The van der Waals surface area contributed by atoms with Crippen molar-refractivity contribution in [2.24, 2.45) is 0 Å². The van der Waals surface area contributed by atoms with Crippen molar-refractivity contribution in [3.05, 3.63) is 41.7 Å². The average Bonchev–Trinajstić information content (AvgIpc) is 3.38. The Hall–Kier alpha value is -2.45. The summed E-state index contributed by atoms with van der Waals surface area (Å²) in [5, 5.41) is 11.3. The number of H-pyrrole nitrogens is 1. The van der Waals surface area contributed by atoms with Crippen LogP contribution < -0.4 is 9.80 Å². The van der Waals surface area contributed by atoms with Crippen molar-refractivity contribution in [1.29, 1.82) is 0 Å². The molecule has 0 radical (unpaired) electrons. The molecule has 1 saturated carbocycles. The largest absolute Gasteiger partial charge is 0.394 e. The summed E-state index contributed by atoms with van der Waals surface area (Å²) in [7, 11) is 0.919. The minimum atomic E-state index is -1.06. The molecule has 4 heterocycles. The molecule has 168 valence electrons. The van der Waals surface area contributed by atoms with E-state index in [1.165, 1.54) is 16.5 Å². The first kappa shape index (κ1) is 20.2. The minimum absolute atomic E-state index is 0.0975. The van der Waals surface area contributed by atoms with E-state index in [1.807, 2.05) is 7.05 Å². The molecule has 1 unspecified atom stereocenters. The number of nitrogens with one attached hydrogen (secondary N) is 1. The van der Waals surface area contributed by atoms with Gasteiger partial charge in [0.15, 0.2) is 5.82 Å². The van der Waals surface area contributed by atoms with Crippen LogP contribution in [0.3, 0.4) is 0 Å². The lowest BCUT2D eigenvalue weighted by Crippen LogP contribution is -2.39. The van der Waals surface area contributed by atoms with Crippen LogP contribution in [0.1, 0.15) is 42.9 Å². The van der Waals surface area contributed by atoms with Gasteiger partial charge in [-0.1, -0.05) is 18.2 Å². The van der Waals surface area contributed by atoms with Gasteiger partial charge in [0.05, 0.1) is 28.6 Å². The fourth-order valence-electron chi connectivity index (χ4n) is 5.32. The predicted octanol–water partition coefficient (Wildman–Crippen LogP) is 2.97. The third kappa shape index (κ3) is 3.15. The lowest BCUT2D eigenvalue weighted by Gasteiger charge is -2.34. The number of benzene rings is 1. The summed E-state index contributed by atoms with van der Waals surface area (Å²) in [4.78, 5) is 18.3. The fourth-order valence-corrected chi connectivity index (χ4v) is 6.70. The molecular weight excluding hydrogens is 422 g/mol. The van der Waals surface area contributed by atoms with Crippen molar-refractivity contribution < 1.29 is 9.32 Å². The summed E-state index contributed by atoms with van der Waals surface area (Å²) < 4.78 is 12.7. The molecule has 8 heteroatoms. The normalized spacial score (nSPS) is 22.3. The molecule has 2 fully saturated rings. The minimum Gasteiger partial charge on any atom is -0.394 e. The predicted molar refractivity (Wildman–Crippen MR) is 127 cm³/mol. The maximum absolute atomic E-state index is 12.7. The maximum atomic E-state index is 12.7. The number of hydrogen-bond acceptors (Lipinski definition) is 6. The van der Waals surface area contributed by atoms with Gasteiger partial charge in [-0.05, 0) is 43.2 Å². The van der Waals surface area contributed by atoms with Gasteiger partial charge >= 0.3 is 0 Å². The van der Waals surface area contributed by atoms with Gasteiger partial charge in [0.1, 0.15) is 4.90 Å². The zero-order valence-corrected chi connectivity index (χ0v) is 19.2.